The number of hydrogen-bond donors (Lipinski definition) is 0. The molecular weight excluding hydrogens is 597 g/mol. The number of methoxy groups -OCH3 is 1. The fourth-order valence-corrected chi connectivity index (χ4v) is 4.23. The van der Waals surface area contributed by atoms with E-state index < -0.39 is 61.4 Å². The van der Waals surface area contributed by atoms with Crippen LogP contribution in [0.1, 0.15) is 20.7 Å². The number of hydroxylamine groups is 2. The van der Waals surface area contributed by atoms with Crippen LogP contribution < -0.4 is 4.74 Å². The van der Waals surface area contributed by atoms with Crippen molar-refractivity contribution >= 4 is 32.7 Å². The van der Waals surface area contributed by atoms with Crippen molar-refractivity contribution in [1.82, 2.24) is 5.06 Å². The summed E-state index contributed by atoms with van der Waals surface area (Å²) < 4.78 is 162. The number of imide groups is 1. The lowest BCUT2D eigenvalue weighted by molar-refractivity contribution is -0.383. The molecule has 19 heteroatoms. The van der Waals surface area contributed by atoms with Crippen LogP contribution in [0.4, 0.5) is 39.5 Å². The normalized spacial score (nSPS) is 15.2. The van der Waals surface area contributed by atoms with Gasteiger partial charge in [0.15, 0.2) is 0 Å². The van der Waals surface area contributed by atoms with Crippen LogP contribution in [0, 0.1) is 0 Å². The van der Waals surface area contributed by atoms with Crippen molar-refractivity contribution in [3.63, 3.8) is 0 Å². The molecule has 2 aromatic carbocycles. The molecule has 1 heterocycles. The van der Waals surface area contributed by atoms with E-state index in [2.05, 4.69) is 4.28 Å². The lowest BCUT2D eigenvalue weighted by Crippen LogP contribution is -2.64. The number of benzene rings is 2. The molecule has 2 aromatic rings. The zero-order chi connectivity index (χ0) is 30.3. The topological polar surface area (TPSA) is 108 Å². The van der Waals surface area contributed by atoms with Crippen molar-refractivity contribution in [3.8, 4) is 5.75 Å². The Morgan fingerprint density at radius 3 is 1.93 bits per heavy atom. The van der Waals surface area contributed by atoms with Crippen LogP contribution in [0.5, 0.6) is 5.75 Å². The molecule has 0 unspecified atom stereocenters. The van der Waals surface area contributed by atoms with E-state index in [1.807, 2.05) is 0 Å². The lowest BCUT2D eigenvalue weighted by Gasteiger charge is -2.33. The molecule has 222 valence electrons. The smallest absolute Gasteiger partial charge is 0.460 e. The molecule has 0 saturated carbocycles. The van der Waals surface area contributed by atoms with Gasteiger partial charge in [0.25, 0.3) is 11.8 Å². The summed E-state index contributed by atoms with van der Waals surface area (Å²) >= 11 is 0. The first-order valence-corrected chi connectivity index (χ1v) is 12.0. The number of carbonyl (C=O) groups excluding carboxylic acids is 2. The summed E-state index contributed by atoms with van der Waals surface area (Å²) in [5.74, 6) is -18.8. The number of amides is 2. The monoisotopic (exact) mass is 613 g/mol. The predicted octanol–water partition coefficient (Wildman–Crippen LogP) is 4.16. The third-order valence-electron chi connectivity index (χ3n) is 5.35. The van der Waals surface area contributed by atoms with Gasteiger partial charge in [0, 0.05) is 17.9 Å². The van der Waals surface area contributed by atoms with Crippen molar-refractivity contribution < 1.29 is 76.0 Å². The Kier molecular flexibility index (Phi) is 8.37. The number of halogens is 9. The molecule has 3 rings (SSSR count). The molecule has 9 nitrogen and oxygen atoms in total. The fraction of sp³-hybridized carbons (Fsp3) is 0.429. The van der Waals surface area contributed by atoms with Crippen LogP contribution in [0.25, 0.3) is 10.8 Å². The maximum absolute atomic E-state index is 14.1. The maximum Gasteiger partial charge on any atom is 0.460 e. The third kappa shape index (κ3) is 5.06. The molecule has 0 aliphatic carbocycles. The molecule has 0 saturated heterocycles. The molecule has 2 amide bonds. The Labute approximate surface area is 218 Å². The SMILES string of the molecule is COCCOCCOc1ccc2c3c(cccc13)C(=O)N(OS(=O)(=O)C(F)(F)C(F)(F)C(F)(F)C(F)(F)F)C2=O. The van der Waals surface area contributed by atoms with Gasteiger partial charge in [-0.3, -0.25) is 9.59 Å². The maximum atomic E-state index is 14.1. The van der Waals surface area contributed by atoms with E-state index in [0.29, 0.717) is 6.61 Å². The van der Waals surface area contributed by atoms with Gasteiger partial charge >= 0.3 is 33.4 Å². The second-order valence-corrected chi connectivity index (χ2v) is 9.46. The average molecular weight is 613 g/mol. The van der Waals surface area contributed by atoms with E-state index in [-0.39, 0.29) is 36.3 Å². The fourth-order valence-electron chi connectivity index (χ4n) is 3.36. The second-order valence-electron chi connectivity index (χ2n) is 7.89. The minimum Gasteiger partial charge on any atom is -0.491 e. The van der Waals surface area contributed by atoms with E-state index in [1.54, 1.807) is 0 Å². The summed E-state index contributed by atoms with van der Waals surface area (Å²) in [6, 6.07) is 5.48. The number of rotatable bonds is 12. The molecule has 0 fully saturated rings. The lowest BCUT2D eigenvalue weighted by atomic mass is 9.94. The van der Waals surface area contributed by atoms with E-state index in [1.165, 1.54) is 13.2 Å². The molecular formula is C21H16F9NO8S. The minimum absolute atomic E-state index is 0.0381. The van der Waals surface area contributed by atoms with E-state index in [0.717, 1.165) is 24.3 Å². The van der Waals surface area contributed by atoms with Crippen molar-refractivity contribution in [2.24, 2.45) is 0 Å². The summed E-state index contributed by atoms with van der Waals surface area (Å²) in [6.07, 6.45) is -7.32. The summed E-state index contributed by atoms with van der Waals surface area (Å²) in [4.78, 5) is 25.6. The first-order valence-electron chi connectivity index (χ1n) is 10.6. The molecule has 0 bridgehead atoms. The van der Waals surface area contributed by atoms with Gasteiger partial charge in [-0.05, 0) is 18.2 Å². The number of ether oxygens (including phenoxy) is 3. The Morgan fingerprint density at radius 1 is 0.775 bits per heavy atom. The Morgan fingerprint density at radius 2 is 1.35 bits per heavy atom. The van der Waals surface area contributed by atoms with Gasteiger partial charge in [-0.2, -0.15) is 47.9 Å². The van der Waals surface area contributed by atoms with Crippen molar-refractivity contribution in [1.29, 1.82) is 0 Å². The molecule has 1 aliphatic rings. The van der Waals surface area contributed by atoms with Crippen LogP contribution >= 0.6 is 0 Å². The summed E-state index contributed by atoms with van der Waals surface area (Å²) in [5.41, 5.74) is -1.22. The van der Waals surface area contributed by atoms with Gasteiger partial charge in [-0.1, -0.05) is 12.1 Å². The van der Waals surface area contributed by atoms with Crippen molar-refractivity contribution in [2.45, 2.75) is 23.3 Å². The third-order valence-corrected chi connectivity index (χ3v) is 6.58. The molecule has 0 spiro atoms. The molecule has 40 heavy (non-hydrogen) atoms. The van der Waals surface area contributed by atoms with E-state index in [9.17, 15) is 57.5 Å². The Hall–Kier alpha value is -3.16. The Bertz CT molecular complexity index is 1390. The van der Waals surface area contributed by atoms with E-state index in [4.69, 9.17) is 14.2 Å². The number of nitrogens with zero attached hydrogens (tertiary/aromatic N) is 1. The first kappa shape index (κ1) is 31.4. The van der Waals surface area contributed by atoms with Gasteiger partial charge in [0.05, 0.1) is 30.9 Å². The highest BCUT2D eigenvalue weighted by atomic mass is 32.2. The van der Waals surface area contributed by atoms with Gasteiger partial charge in [-0.25, -0.2) is 0 Å². The average Bonchev–Trinajstić information content (AvgIpc) is 2.86. The number of alkyl halides is 9. The van der Waals surface area contributed by atoms with Gasteiger partial charge < -0.3 is 14.2 Å². The highest BCUT2D eigenvalue weighted by molar-refractivity contribution is 7.87. The van der Waals surface area contributed by atoms with Gasteiger partial charge in [-0.15, -0.1) is 9.35 Å². The van der Waals surface area contributed by atoms with Crippen LogP contribution in [-0.2, 0) is 23.9 Å². The standard InChI is InChI=1S/C21H16F9NO8S/c1-36-7-8-37-9-10-38-14-6-5-13-15-11(14)3-2-4-12(15)16(32)31(17(13)33)39-40(34,35)21(29,30)19(24,25)18(22,23)20(26,27)28/h2-6H,7-10H2,1H3. The predicted molar refractivity (Wildman–Crippen MR) is 114 cm³/mol. The molecule has 0 aromatic heterocycles. The zero-order valence-electron chi connectivity index (χ0n) is 19.7. The van der Waals surface area contributed by atoms with Crippen LogP contribution in [-0.4, -0.2) is 82.1 Å². The van der Waals surface area contributed by atoms with Crippen molar-refractivity contribution in [3.05, 3.63) is 41.5 Å². The largest absolute Gasteiger partial charge is 0.491 e. The summed E-state index contributed by atoms with van der Waals surface area (Å²) in [7, 11) is -6.10. The quantitative estimate of drug-likeness (QED) is 0.200. The van der Waals surface area contributed by atoms with Gasteiger partial charge in [0.2, 0.25) is 0 Å². The molecule has 1 aliphatic heterocycles. The minimum atomic E-state index is -7.63. The van der Waals surface area contributed by atoms with Crippen LogP contribution in [0.15, 0.2) is 30.3 Å². The molecule has 0 N–H and O–H groups in total. The second kappa shape index (κ2) is 10.7. The molecule has 0 radical (unpaired) electrons. The summed E-state index contributed by atoms with van der Waals surface area (Å²) in [5, 5.41) is -8.40. The molecule has 0 atom stereocenters. The first-order chi connectivity index (χ1) is 18.3. The van der Waals surface area contributed by atoms with Crippen molar-refractivity contribution in [2.75, 3.05) is 33.5 Å². The van der Waals surface area contributed by atoms with Crippen LogP contribution in [0.2, 0.25) is 0 Å². The number of hydrogen-bond acceptors (Lipinski definition) is 8. The summed E-state index contributed by atoms with van der Waals surface area (Å²) in [6.45, 7) is 0.581. The van der Waals surface area contributed by atoms with E-state index >= 15 is 0 Å². The van der Waals surface area contributed by atoms with Crippen LogP contribution in [0.3, 0.4) is 0 Å². The Balaban J connectivity index is 1.94. The number of carbonyl (C=O) groups is 2. The zero-order valence-corrected chi connectivity index (χ0v) is 20.6. The highest BCUT2D eigenvalue weighted by Gasteiger charge is 2.86. The van der Waals surface area contributed by atoms with Gasteiger partial charge in [0.1, 0.15) is 12.4 Å². The highest BCUT2D eigenvalue weighted by Crippen LogP contribution is 2.55.